The standard InChI is InChI=1S/C42H55F3N4O2/c1-5-7-8-9-10-16-36(31-42(43,44)45)40(35-21-23-37(24-22-35)48(4)39-18-11-14-30-51-39)34(6-2)20-19-33(3)46-32-41(25-26-41)47-27-15-17-38(50)49-28-12-13-29-49/h5-10,15-17,19-24,39,46-47H,3,11-14,18,25-32H2,1-2,4H3/b7-5-,9-8-,16-10+,17-15+,20-19-,34-6+,40-36-. The summed E-state index contributed by atoms with van der Waals surface area (Å²) in [5.74, 6) is 0.0697. The molecule has 276 valence electrons. The number of anilines is 1. The third kappa shape index (κ3) is 12.9. The molecule has 51 heavy (non-hydrogen) atoms. The minimum Gasteiger partial charge on any atom is -0.384 e. The molecule has 3 fully saturated rings. The van der Waals surface area contributed by atoms with Gasteiger partial charge in [-0.05, 0) is 99.3 Å². The van der Waals surface area contributed by atoms with Crippen molar-refractivity contribution in [3.63, 3.8) is 0 Å². The zero-order chi connectivity index (χ0) is 36.7. The Hall–Kier alpha value is -4.08. The predicted octanol–water partition coefficient (Wildman–Crippen LogP) is 8.95. The number of likely N-dealkylation sites (tertiary alicyclic amines) is 1. The van der Waals surface area contributed by atoms with E-state index in [0.717, 1.165) is 70.3 Å². The highest BCUT2D eigenvalue weighted by atomic mass is 19.4. The maximum atomic E-state index is 14.1. The van der Waals surface area contributed by atoms with Crippen molar-refractivity contribution in [3.8, 4) is 0 Å². The Kier molecular flexibility index (Phi) is 15.2. The highest BCUT2D eigenvalue weighted by molar-refractivity contribution is 5.88. The summed E-state index contributed by atoms with van der Waals surface area (Å²) in [6.45, 7) is 11.6. The second-order valence-electron chi connectivity index (χ2n) is 13.5. The minimum atomic E-state index is -4.41. The van der Waals surface area contributed by atoms with Gasteiger partial charge in [0.25, 0.3) is 0 Å². The predicted molar refractivity (Wildman–Crippen MR) is 204 cm³/mol. The van der Waals surface area contributed by atoms with E-state index in [1.54, 1.807) is 30.4 Å². The van der Waals surface area contributed by atoms with Gasteiger partial charge in [0.2, 0.25) is 5.91 Å². The fourth-order valence-corrected chi connectivity index (χ4v) is 6.35. The number of alkyl halides is 3. The lowest BCUT2D eigenvalue weighted by molar-refractivity contribution is -0.126. The van der Waals surface area contributed by atoms with E-state index >= 15 is 0 Å². The summed E-state index contributed by atoms with van der Waals surface area (Å²) in [4.78, 5) is 16.3. The smallest absolute Gasteiger partial charge is 0.384 e. The lowest BCUT2D eigenvalue weighted by Crippen LogP contribution is -2.40. The van der Waals surface area contributed by atoms with Crippen LogP contribution in [0.25, 0.3) is 5.57 Å². The van der Waals surface area contributed by atoms with E-state index in [4.69, 9.17) is 4.74 Å². The number of nitrogens with one attached hydrogen (secondary N) is 2. The van der Waals surface area contributed by atoms with Gasteiger partial charge in [0.15, 0.2) is 0 Å². The Bertz CT molecular complexity index is 1520. The largest absolute Gasteiger partial charge is 0.393 e. The second kappa shape index (κ2) is 19.5. The fourth-order valence-electron chi connectivity index (χ4n) is 6.35. The summed E-state index contributed by atoms with van der Waals surface area (Å²) in [7, 11) is 1.99. The van der Waals surface area contributed by atoms with Gasteiger partial charge in [-0.2, -0.15) is 13.2 Å². The number of ether oxygens (including phenoxy) is 1. The van der Waals surface area contributed by atoms with Crippen molar-refractivity contribution < 1.29 is 22.7 Å². The first kappa shape index (κ1) is 39.7. The van der Waals surface area contributed by atoms with Crippen LogP contribution in [0.3, 0.4) is 0 Å². The summed E-state index contributed by atoms with van der Waals surface area (Å²) in [6, 6.07) is 7.68. The van der Waals surface area contributed by atoms with Gasteiger partial charge in [-0.25, -0.2) is 0 Å². The molecule has 3 aliphatic rings. The highest BCUT2D eigenvalue weighted by Crippen LogP contribution is 2.37. The van der Waals surface area contributed by atoms with Gasteiger partial charge in [-0.3, -0.25) is 4.79 Å². The maximum absolute atomic E-state index is 14.1. The van der Waals surface area contributed by atoms with Crippen LogP contribution < -0.4 is 15.5 Å². The van der Waals surface area contributed by atoms with Gasteiger partial charge < -0.3 is 25.2 Å². The number of benzene rings is 1. The Morgan fingerprint density at radius 2 is 1.73 bits per heavy atom. The number of halogens is 3. The van der Waals surface area contributed by atoms with Gasteiger partial charge in [-0.15, -0.1) is 0 Å². The minimum absolute atomic E-state index is 0.0229. The third-order valence-corrected chi connectivity index (χ3v) is 9.53. The Morgan fingerprint density at radius 1 is 1.00 bits per heavy atom. The van der Waals surface area contributed by atoms with Gasteiger partial charge in [0, 0.05) is 62.8 Å². The van der Waals surface area contributed by atoms with Crippen LogP contribution in [0.5, 0.6) is 0 Å². The van der Waals surface area contributed by atoms with Crippen molar-refractivity contribution in [2.45, 2.75) is 83.2 Å². The van der Waals surface area contributed by atoms with Crippen LogP contribution >= 0.6 is 0 Å². The zero-order valence-electron chi connectivity index (χ0n) is 30.5. The number of amides is 1. The molecule has 1 amide bonds. The summed E-state index contributed by atoms with van der Waals surface area (Å²) < 4.78 is 48.3. The van der Waals surface area contributed by atoms with E-state index in [1.165, 1.54) is 0 Å². The van der Waals surface area contributed by atoms with Crippen molar-refractivity contribution in [1.82, 2.24) is 15.5 Å². The molecule has 1 saturated carbocycles. The van der Waals surface area contributed by atoms with Crippen LogP contribution in [0.1, 0.15) is 70.8 Å². The molecule has 1 unspecified atom stereocenters. The topological polar surface area (TPSA) is 56.8 Å². The Labute approximate surface area is 302 Å². The molecular formula is C42H55F3N4O2. The van der Waals surface area contributed by atoms with Crippen LogP contribution in [0.4, 0.5) is 18.9 Å². The maximum Gasteiger partial charge on any atom is 0.393 e. The summed E-state index contributed by atoms with van der Waals surface area (Å²) in [5.41, 5.74) is 3.54. The average molecular weight is 705 g/mol. The van der Waals surface area contributed by atoms with Gasteiger partial charge >= 0.3 is 6.18 Å². The van der Waals surface area contributed by atoms with Crippen molar-refractivity contribution >= 4 is 17.2 Å². The van der Waals surface area contributed by atoms with Crippen molar-refractivity contribution in [2.75, 3.05) is 44.7 Å². The summed E-state index contributed by atoms with van der Waals surface area (Å²) in [5, 5.41) is 6.95. The molecule has 4 rings (SSSR count). The number of hydrogen-bond donors (Lipinski definition) is 2. The monoisotopic (exact) mass is 704 g/mol. The van der Waals surface area contributed by atoms with Crippen LogP contribution in [0, 0.1) is 0 Å². The molecule has 0 radical (unpaired) electrons. The van der Waals surface area contributed by atoms with E-state index < -0.39 is 12.6 Å². The third-order valence-electron chi connectivity index (χ3n) is 9.53. The first-order chi connectivity index (χ1) is 24.5. The van der Waals surface area contributed by atoms with E-state index in [1.807, 2.05) is 86.5 Å². The first-order valence-electron chi connectivity index (χ1n) is 18.2. The van der Waals surface area contributed by atoms with Crippen molar-refractivity contribution in [3.05, 3.63) is 120 Å². The molecule has 1 aliphatic carbocycles. The first-order valence-corrected chi connectivity index (χ1v) is 18.2. The normalized spacial score (nSPS) is 20.3. The molecule has 0 bridgehead atoms. The van der Waals surface area contributed by atoms with E-state index in [9.17, 15) is 18.0 Å². The molecule has 6 nitrogen and oxygen atoms in total. The van der Waals surface area contributed by atoms with Gasteiger partial charge in [-0.1, -0.05) is 73.4 Å². The molecule has 0 aromatic heterocycles. The molecule has 2 saturated heterocycles. The number of nitrogens with zero attached hydrogens (tertiary/aromatic N) is 2. The molecule has 2 heterocycles. The van der Waals surface area contributed by atoms with Gasteiger partial charge in [0.1, 0.15) is 6.23 Å². The lowest BCUT2D eigenvalue weighted by Gasteiger charge is -2.33. The quantitative estimate of drug-likeness (QED) is 0.125. The van der Waals surface area contributed by atoms with E-state index in [0.29, 0.717) is 35.5 Å². The highest BCUT2D eigenvalue weighted by Gasteiger charge is 2.41. The SMILES string of the molecule is C=C(\C=C/C(=C\C)C(=C(\C=C\C=C/C=C\C)CC(F)(F)F)/c1ccc(N(C)C2CCCCO2)cc1)NCC1(NC/C=C/C(=O)N2CCCC2)CC1. The van der Waals surface area contributed by atoms with Crippen molar-refractivity contribution in [2.24, 2.45) is 0 Å². The Morgan fingerprint density at radius 3 is 2.35 bits per heavy atom. The molecular weight excluding hydrogens is 649 g/mol. The van der Waals surface area contributed by atoms with Crippen LogP contribution in [0.2, 0.25) is 0 Å². The average Bonchev–Trinajstić information content (AvgIpc) is 3.67. The molecule has 2 N–H and O–H groups in total. The van der Waals surface area contributed by atoms with E-state index in [-0.39, 0.29) is 23.2 Å². The molecule has 0 spiro atoms. The summed E-state index contributed by atoms with van der Waals surface area (Å²) in [6.07, 6.45) is 21.2. The number of rotatable bonds is 17. The molecule has 1 aromatic rings. The van der Waals surface area contributed by atoms with Gasteiger partial charge in [0.05, 0.1) is 6.42 Å². The second-order valence-corrected chi connectivity index (χ2v) is 13.5. The van der Waals surface area contributed by atoms with Crippen LogP contribution in [-0.4, -0.2) is 68.6 Å². The molecule has 2 aliphatic heterocycles. The Balaban J connectivity index is 1.51. The van der Waals surface area contributed by atoms with Crippen LogP contribution in [0.15, 0.2) is 115 Å². The molecule has 1 atom stereocenters. The fraction of sp³-hybridized carbons (Fsp3) is 0.452. The number of allylic oxidation sites excluding steroid dienone is 12. The van der Waals surface area contributed by atoms with Crippen LogP contribution in [-0.2, 0) is 9.53 Å². The number of carbonyl (C=O) groups is 1. The van der Waals surface area contributed by atoms with Crippen molar-refractivity contribution in [1.29, 1.82) is 0 Å². The van der Waals surface area contributed by atoms with E-state index in [2.05, 4.69) is 22.1 Å². The summed E-state index contributed by atoms with van der Waals surface area (Å²) >= 11 is 0. The lowest BCUT2D eigenvalue weighted by atomic mass is 9.90. The molecule has 1 aromatic carbocycles. The number of carbonyl (C=O) groups excluding carboxylic acids is 1. The zero-order valence-corrected chi connectivity index (χ0v) is 30.5. The molecule has 9 heteroatoms. The number of hydrogen-bond acceptors (Lipinski definition) is 5.